The molecule has 0 aliphatic heterocycles. The SMILES string of the molecule is COCCC1(C(=O)NC(C)C(C)CO)CCCC1. The average molecular weight is 257 g/mol. The Balaban J connectivity index is 2.60. The number of aliphatic hydroxyl groups excluding tert-OH is 1. The lowest BCUT2D eigenvalue weighted by atomic mass is 9.81. The number of ether oxygens (including phenoxy) is 1. The molecule has 0 spiro atoms. The highest BCUT2D eigenvalue weighted by Crippen LogP contribution is 2.41. The van der Waals surface area contributed by atoms with Crippen molar-refractivity contribution < 1.29 is 14.6 Å². The molecule has 18 heavy (non-hydrogen) atoms. The average Bonchev–Trinajstić information content (AvgIpc) is 2.85. The zero-order chi connectivity index (χ0) is 13.6. The Morgan fingerprint density at radius 2 is 2.00 bits per heavy atom. The lowest BCUT2D eigenvalue weighted by Crippen LogP contribution is -2.46. The Morgan fingerprint density at radius 1 is 1.39 bits per heavy atom. The summed E-state index contributed by atoms with van der Waals surface area (Å²) in [6, 6.07) is 0.0162. The number of carbonyl (C=O) groups is 1. The summed E-state index contributed by atoms with van der Waals surface area (Å²) in [6.07, 6.45) is 4.97. The first-order valence-corrected chi connectivity index (χ1v) is 6.96. The molecule has 2 atom stereocenters. The highest BCUT2D eigenvalue weighted by atomic mass is 16.5. The second kappa shape index (κ2) is 7.10. The van der Waals surface area contributed by atoms with Crippen LogP contribution in [-0.2, 0) is 9.53 Å². The van der Waals surface area contributed by atoms with Crippen LogP contribution in [0.2, 0.25) is 0 Å². The van der Waals surface area contributed by atoms with Crippen molar-refractivity contribution in [3.05, 3.63) is 0 Å². The van der Waals surface area contributed by atoms with Crippen molar-refractivity contribution in [2.24, 2.45) is 11.3 Å². The van der Waals surface area contributed by atoms with Crippen LogP contribution >= 0.6 is 0 Å². The predicted molar refractivity (Wildman–Crippen MR) is 71.2 cm³/mol. The Morgan fingerprint density at radius 3 is 2.50 bits per heavy atom. The minimum Gasteiger partial charge on any atom is -0.396 e. The minimum atomic E-state index is -0.237. The van der Waals surface area contributed by atoms with E-state index in [4.69, 9.17) is 9.84 Å². The molecule has 0 radical (unpaired) electrons. The van der Waals surface area contributed by atoms with Crippen LogP contribution in [0.15, 0.2) is 0 Å². The van der Waals surface area contributed by atoms with E-state index >= 15 is 0 Å². The lowest BCUT2D eigenvalue weighted by Gasteiger charge is -2.30. The minimum absolute atomic E-state index is 0.0162. The highest BCUT2D eigenvalue weighted by Gasteiger charge is 2.41. The van der Waals surface area contributed by atoms with E-state index in [1.807, 2.05) is 13.8 Å². The molecule has 106 valence electrons. The third-order valence-corrected chi connectivity index (χ3v) is 4.33. The molecule has 1 aliphatic rings. The van der Waals surface area contributed by atoms with Crippen LogP contribution in [0.1, 0.15) is 46.0 Å². The fraction of sp³-hybridized carbons (Fsp3) is 0.929. The monoisotopic (exact) mass is 257 g/mol. The first kappa shape index (κ1) is 15.4. The molecule has 1 fully saturated rings. The summed E-state index contributed by atoms with van der Waals surface area (Å²) in [6.45, 7) is 4.64. The van der Waals surface area contributed by atoms with Crippen LogP contribution in [0.3, 0.4) is 0 Å². The van der Waals surface area contributed by atoms with Crippen LogP contribution in [-0.4, -0.2) is 37.4 Å². The molecule has 0 aromatic rings. The maximum absolute atomic E-state index is 12.5. The summed E-state index contributed by atoms with van der Waals surface area (Å²) in [5, 5.41) is 12.2. The maximum Gasteiger partial charge on any atom is 0.226 e. The van der Waals surface area contributed by atoms with E-state index in [2.05, 4.69) is 5.32 Å². The van der Waals surface area contributed by atoms with E-state index in [9.17, 15) is 4.79 Å². The van der Waals surface area contributed by atoms with Gasteiger partial charge in [-0.1, -0.05) is 19.8 Å². The van der Waals surface area contributed by atoms with Crippen LogP contribution in [0.25, 0.3) is 0 Å². The zero-order valence-electron chi connectivity index (χ0n) is 11.9. The second-order valence-electron chi connectivity index (χ2n) is 5.65. The van der Waals surface area contributed by atoms with Crippen molar-refractivity contribution >= 4 is 5.91 Å². The van der Waals surface area contributed by atoms with Gasteiger partial charge in [-0.25, -0.2) is 0 Å². The fourth-order valence-corrected chi connectivity index (χ4v) is 2.60. The molecule has 1 rings (SSSR count). The number of carbonyl (C=O) groups excluding carboxylic acids is 1. The molecule has 0 bridgehead atoms. The molecule has 1 saturated carbocycles. The summed E-state index contributed by atoms with van der Waals surface area (Å²) >= 11 is 0. The number of amides is 1. The summed E-state index contributed by atoms with van der Waals surface area (Å²) in [5.41, 5.74) is -0.237. The normalized spacial score (nSPS) is 21.6. The van der Waals surface area contributed by atoms with Crippen LogP contribution in [0, 0.1) is 11.3 Å². The van der Waals surface area contributed by atoms with Gasteiger partial charge in [-0.3, -0.25) is 4.79 Å². The standard InChI is InChI=1S/C14H27NO3/c1-11(10-16)12(2)15-13(17)14(8-9-18-3)6-4-5-7-14/h11-12,16H,4-10H2,1-3H3,(H,15,17). The topological polar surface area (TPSA) is 58.6 Å². The van der Waals surface area contributed by atoms with Gasteiger partial charge >= 0.3 is 0 Å². The number of rotatable bonds is 7. The lowest BCUT2D eigenvalue weighted by molar-refractivity contribution is -0.133. The largest absolute Gasteiger partial charge is 0.396 e. The summed E-state index contributed by atoms with van der Waals surface area (Å²) in [4.78, 5) is 12.5. The van der Waals surface area contributed by atoms with E-state index in [1.54, 1.807) is 7.11 Å². The van der Waals surface area contributed by atoms with Crippen molar-refractivity contribution in [3.63, 3.8) is 0 Å². The van der Waals surface area contributed by atoms with Gasteiger partial charge in [-0.2, -0.15) is 0 Å². The maximum atomic E-state index is 12.5. The van der Waals surface area contributed by atoms with E-state index in [0.717, 1.165) is 32.1 Å². The van der Waals surface area contributed by atoms with Gasteiger partial charge in [0.25, 0.3) is 0 Å². The van der Waals surface area contributed by atoms with E-state index < -0.39 is 0 Å². The molecule has 0 heterocycles. The number of nitrogens with one attached hydrogen (secondary N) is 1. The first-order chi connectivity index (χ1) is 8.55. The number of hydrogen-bond acceptors (Lipinski definition) is 3. The Bertz CT molecular complexity index is 262. The van der Waals surface area contributed by atoms with Gasteiger partial charge in [0.05, 0.1) is 5.41 Å². The molecule has 0 aromatic carbocycles. The number of aliphatic hydroxyl groups is 1. The van der Waals surface area contributed by atoms with Gasteiger partial charge < -0.3 is 15.2 Å². The Kier molecular flexibility index (Phi) is 6.09. The number of methoxy groups -OCH3 is 1. The van der Waals surface area contributed by atoms with Gasteiger partial charge in [-0.15, -0.1) is 0 Å². The molecule has 2 N–H and O–H groups in total. The van der Waals surface area contributed by atoms with Gasteiger partial charge in [0.1, 0.15) is 0 Å². The van der Waals surface area contributed by atoms with Crippen molar-refractivity contribution in [1.82, 2.24) is 5.32 Å². The third kappa shape index (κ3) is 3.69. The van der Waals surface area contributed by atoms with Crippen LogP contribution in [0.5, 0.6) is 0 Å². The fourth-order valence-electron chi connectivity index (χ4n) is 2.60. The Labute approximate surface area is 110 Å². The van der Waals surface area contributed by atoms with Crippen molar-refractivity contribution in [2.45, 2.75) is 52.0 Å². The van der Waals surface area contributed by atoms with Gasteiger partial charge in [0.15, 0.2) is 0 Å². The summed E-state index contributed by atoms with van der Waals surface area (Å²) < 4.78 is 5.13. The third-order valence-electron chi connectivity index (χ3n) is 4.33. The molecular weight excluding hydrogens is 230 g/mol. The second-order valence-corrected chi connectivity index (χ2v) is 5.65. The predicted octanol–water partition coefficient (Wildman–Crippen LogP) is 1.72. The Hall–Kier alpha value is -0.610. The molecule has 4 heteroatoms. The molecule has 2 unspecified atom stereocenters. The van der Waals surface area contributed by atoms with Crippen molar-refractivity contribution in [3.8, 4) is 0 Å². The van der Waals surface area contributed by atoms with Crippen LogP contribution < -0.4 is 5.32 Å². The summed E-state index contributed by atoms with van der Waals surface area (Å²) in [5.74, 6) is 0.236. The van der Waals surface area contributed by atoms with Gasteiger partial charge in [-0.05, 0) is 32.1 Å². The van der Waals surface area contributed by atoms with E-state index in [-0.39, 0.29) is 29.9 Å². The van der Waals surface area contributed by atoms with Crippen molar-refractivity contribution in [2.75, 3.05) is 20.3 Å². The van der Waals surface area contributed by atoms with E-state index in [0.29, 0.717) is 6.61 Å². The van der Waals surface area contributed by atoms with Gasteiger partial charge in [0, 0.05) is 26.4 Å². The zero-order valence-corrected chi connectivity index (χ0v) is 11.9. The molecule has 1 aliphatic carbocycles. The quantitative estimate of drug-likeness (QED) is 0.730. The molecule has 4 nitrogen and oxygen atoms in total. The smallest absolute Gasteiger partial charge is 0.226 e. The molecule has 0 aromatic heterocycles. The first-order valence-electron chi connectivity index (χ1n) is 6.96. The van der Waals surface area contributed by atoms with Gasteiger partial charge in [0.2, 0.25) is 5.91 Å². The molecular formula is C14H27NO3. The number of hydrogen-bond donors (Lipinski definition) is 2. The summed E-state index contributed by atoms with van der Waals surface area (Å²) in [7, 11) is 1.68. The highest BCUT2D eigenvalue weighted by molar-refractivity contribution is 5.83. The molecule has 1 amide bonds. The molecule has 0 saturated heterocycles. The van der Waals surface area contributed by atoms with Crippen molar-refractivity contribution in [1.29, 1.82) is 0 Å². The van der Waals surface area contributed by atoms with Crippen LogP contribution in [0.4, 0.5) is 0 Å². The van der Waals surface area contributed by atoms with E-state index in [1.165, 1.54) is 0 Å².